The molecule has 0 saturated carbocycles. The summed E-state index contributed by atoms with van der Waals surface area (Å²) in [6, 6.07) is 0.0580. The number of rotatable bonds is 1. The molecule has 0 bridgehead atoms. The highest BCUT2D eigenvalue weighted by molar-refractivity contribution is 5.85. The Kier molecular flexibility index (Phi) is 3.50. The number of amides is 3. The number of piperidine rings is 1. The standard InChI is InChI=1S/C13H23N3O2/c1-4-15-8-5-13(11(15)17)6-9-16(10-7-13)12(18)14(2)3/h4-10H2,1-3H3. The molecule has 2 fully saturated rings. The van der Waals surface area contributed by atoms with Crippen LogP contribution in [0.1, 0.15) is 26.2 Å². The summed E-state index contributed by atoms with van der Waals surface area (Å²) in [6.45, 7) is 5.14. The van der Waals surface area contributed by atoms with E-state index in [0.29, 0.717) is 19.0 Å². The maximum atomic E-state index is 12.3. The van der Waals surface area contributed by atoms with Crippen molar-refractivity contribution in [3.8, 4) is 0 Å². The van der Waals surface area contributed by atoms with Gasteiger partial charge in [-0.1, -0.05) is 0 Å². The fourth-order valence-corrected chi connectivity index (χ4v) is 3.07. The second-order valence-electron chi connectivity index (χ2n) is 5.58. The van der Waals surface area contributed by atoms with Gasteiger partial charge in [-0.15, -0.1) is 0 Å². The van der Waals surface area contributed by atoms with Crippen molar-refractivity contribution in [2.24, 2.45) is 5.41 Å². The van der Waals surface area contributed by atoms with E-state index in [1.54, 1.807) is 19.0 Å². The highest BCUT2D eigenvalue weighted by Gasteiger charge is 2.48. The Morgan fingerprint density at radius 2 is 1.78 bits per heavy atom. The molecule has 0 N–H and O–H groups in total. The van der Waals surface area contributed by atoms with Crippen LogP contribution in [0.15, 0.2) is 0 Å². The number of likely N-dealkylation sites (tertiary alicyclic amines) is 2. The third kappa shape index (κ3) is 2.06. The summed E-state index contributed by atoms with van der Waals surface area (Å²) < 4.78 is 0. The van der Waals surface area contributed by atoms with Crippen LogP contribution >= 0.6 is 0 Å². The molecule has 102 valence electrons. The molecular weight excluding hydrogens is 230 g/mol. The summed E-state index contributed by atoms with van der Waals surface area (Å²) in [5, 5.41) is 0. The molecule has 2 rings (SSSR count). The normalized spacial score (nSPS) is 22.7. The molecule has 0 aromatic rings. The van der Waals surface area contributed by atoms with Crippen molar-refractivity contribution in [1.82, 2.24) is 14.7 Å². The van der Waals surface area contributed by atoms with Gasteiger partial charge in [0.1, 0.15) is 0 Å². The first kappa shape index (κ1) is 13.2. The van der Waals surface area contributed by atoms with Gasteiger partial charge >= 0.3 is 6.03 Å². The highest BCUT2D eigenvalue weighted by Crippen LogP contribution is 2.41. The molecule has 0 aromatic heterocycles. The van der Waals surface area contributed by atoms with Gasteiger partial charge in [-0.2, -0.15) is 0 Å². The SMILES string of the molecule is CCN1CCC2(CCN(C(=O)N(C)C)CC2)C1=O. The van der Waals surface area contributed by atoms with Gasteiger partial charge < -0.3 is 14.7 Å². The van der Waals surface area contributed by atoms with Gasteiger partial charge in [0.2, 0.25) is 5.91 Å². The van der Waals surface area contributed by atoms with E-state index in [0.717, 1.165) is 32.4 Å². The van der Waals surface area contributed by atoms with Gasteiger partial charge in [0, 0.05) is 40.3 Å². The number of carbonyl (C=O) groups excluding carboxylic acids is 2. The van der Waals surface area contributed by atoms with Crippen LogP contribution < -0.4 is 0 Å². The molecule has 2 aliphatic rings. The maximum Gasteiger partial charge on any atom is 0.319 e. The summed E-state index contributed by atoms with van der Waals surface area (Å²) in [5.74, 6) is 0.307. The Hall–Kier alpha value is -1.26. The first-order chi connectivity index (χ1) is 8.50. The summed E-state index contributed by atoms with van der Waals surface area (Å²) in [4.78, 5) is 29.6. The molecule has 18 heavy (non-hydrogen) atoms. The largest absolute Gasteiger partial charge is 0.342 e. The van der Waals surface area contributed by atoms with Crippen molar-refractivity contribution in [1.29, 1.82) is 0 Å². The monoisotopic (exact) mass is 253 g/mol. The molecule has 3 amide bonds. The second-order valence-corrected chi connectivity index (χ2v) is 5.58. The van der Waals surface area contributed by atoms with Crippen LogP contribution in [0.4, 0.5) is 4.79 Å². The molecule has 1 spiro atoms. The molecular formula is C13H23N3O2. The van der Waals surface area contributed by atoms with Crippen LogP contribution in [0, 0.1) is 5.41 Å². The summed E-state index contributed by atoms with van der Waals surface area (Å²) in [6.07, 6.45) is 2.60. The van der Waals surface area contributed by atoms with Gasteiger partial charge in [0.25, 0.3) is 0 Å². The van der Waals surface area contributed by atoms with Gasteiger partial charge in [-0.05, 0) is 26.2 Å². The van der Waals surface area contributed by atoms with Crippen molar-refractivity contribution in [2.45, 2.75) is 26.2 Å². The fraction of sp³-hybridized carbons (Fsp3) is 0.846. The quantitative estimate of drug-likeness (QED) is 0.700. The maximum absolute atomic E-state index is 12.3. The number of nitrogens with zero attached hydrogens (tertiary/aromatic N) is 3. The van der Waals surface area contributed by atoms with Gasteiger partial charge in [-0.25, -0.2) is 4.79 Å². The van der Waals surface area contributed by atoms with E-state index in [4.69, 9.17) is 0 Å². The minimum Gasteiger partial charge on any atom is -0.342 e. The van der Waals surface area contributed by atoms with Gasteiger partial charge in [0.15, 0.2) is 0 Å². The predicted octanol–water partition coefficient (Wildman–Crippen LogP) is 1.00. The van der Waals surface area contributed by atoms with Crippen LogP contribution in [0.2, 0.25) is 0 Å². The summed E-state index contributed by atoms with van der Waals surface area (Å²) in [5.41, 5.74) is -0.168. The molecule has 0 radical (unpaired) electrons. The molecule has 2 saturated heterocycles. The second kappa shape index (κ2) is 4.78. The van der Waals surface area contributed by atoms with Crippen LogP contribution in [0.5, 0.6) is 0 Å². The third-order valence-corrected chi connectivity index (χ3v) is 4.36. The fourth-order valence-electron chi connectivity index (χ4n) is 3.07. The zero-order chi connectivity index (χ0) is 13.3. The van der Waals surface area contributed by atoms with Crippen molar-refractivity contribution >= 4 is 11.9 Å². The summed E-state index contributed by atoms with van der Waals surface area (Å²) in [7, 11) is 3.54. The van der Waals surface area contributed by atoms with E-state index in [9.17, 15) is 9.59 Å². The van der Waals surface area contributed by atoms with E-state index >= 15 is 0 Å². The van der Waals surface area contributed by atoms with Crippen molar-refractivity contribution in [3.63, 3.8) is 0 Å². The molecule has 2 aliphatic heterocycles. The van der Waals surface area contributed by atoms with Gasteiger partial charge in [-0.3, -0.25) is 4.79 Å². The van der Waals surface area contributed by atoms with E-state index in [2.05, 4.69) is 0 Å². The molecule has 5 heteroatoms. The lowest BCUT2D eigenvalue weighted by molar-refractivity contribution is -0.137. The molecule has 0 atom stereocenters. The lowest BCUT2D eigenvalue weighted by Crippen LogP contribution is -2.49. The zero-order valence-corrected chi connectivity index (χ0v) is 11.6. The average molecular weight is 253 g/mol. The van der Waals surface area contributed by atoms with Crippen molar-refractivity contribution in [3.05, 3.63) is 0 Å². The number of hydrogen-bond acceptors (Lipinski definition) is 2. The van der Waals surface area contributed by atoms with Crippen LogP contribution in [-0.4, -0.2) is 66.9 Å². The van der Waals surface area contributed by atoms with E-state index < -0.39 is 0 Å². The number of carbonyl (C=O) groups is 2. The lowest BCUT2D eigenvalue weighted by Gasteiger charge is -2.38. The Morgan fingerprint density at radius 1 is 1.22 bits per heavy atom. The third-order valence-electron chi connectivity index (χ3n) is 4.36. The molecule has 2 heterocycles. The molecule has 0 aromatic carbocycles. The minimum absolute atomic E-state index is 0.0580. The molecule has 0 unspecified atom stereocenters. The minimum atomic E-state index is -0.168. The zero-order valence-electron chi connectivity index (χ0n) is 11.6. The first-order valence-corrected chi connectivity index (χ1v) is 6.76. The Bertz CT molecular complexity index is 346. The summed E-state index contributed by atoms with van der Waals surface area (Å²) >= 11 is 0. The van der Waals surface area contributed by atoms with E-state index in [-0.39, 0.29) is 11.4 Å². The smallest absolute Gasteiger partial charge is 0.319 e. The van der Waals surface area contributed by atoms with Crippen LogP contribution in [0.25, 0.3) is 0 Å². The number of hydrogen-bond donors (Lipinski definition) is 0. The Morgan fingerprint density at radius 3 is 2.22 bits per heavy atom. The molecule has 5 nitrogen and oxygen atoms in total. The first-order valence-electron chi connectivity index (χ1n) is 6.76. The van der Waals surface area contributed by atoms with E-state index in [1.165, 1.54) is 0 Å². The Labute approximate surface area is 109 Å². The average Bonchev–Trinajstić information content (AvgIpc) is 2.67. The van der Waals surface area contributed by atoms with Crippen molar-refractivity contribution < 1.29 is 9.59 Å². The predicted molar refractivity (Wildman–Crippen MR) is 69.2 cm³/mol. The lowest BCUT2D eigenvalue weighted by atomic mass is 9.77. The van der Waals surface area contributed by atoms with Gasteiger partial charge in [0.05, 0.1) is 5.41 Å². The topological polar surface area (TPSA) is 43.9 Å². The Balaban J connectivity index is 1.98. The van der Waals surface area contributed by atoms with Crippen LogP contribution in [0.3, 0.4) is 0 Å². The highest BCUT2D eigenvalue weighted by atomic mass is 16.2. The number of urea groups is 1. The van der Waals surface area contributed by atoms with Crippen molar-refractivity contribution in [2.75, 3.05) is 40.3 Å². The molecule has 0 aliphatic carbocycles. The van der Waals surface area contributed by atoms with Crippen LogP contribution in [-0.2, 0) is 4.79 Å². The van der Waals surface area contributed by atoms with E-state index in [1.807, 2.05) is 16.7 Å².